The summed E-state index contributed by atoms with van der Waals surface area (Å²) >= 11 is 11.8. The standard InChI is InChI=1S/C21H18ClN3O4S/c1-29-17-9-6-15(7-10-17)24(13-14-4-2-3-5-20(14)26)21(30)23-19-12-16(25(27)28)8-11-18(19)22/h2-12,26H,13H2,1H3,(H,23,30). The molecule has 0 heterocycles. The van der Waals surface area contributed by atoms with Crippen LogP contribution >= 0.6 is 23.8 Å². The summed E-state index contributed by atoms with van der Waals surface area (Å²) in [5.74, 6) is 0.814. The number of rotatable bonds is 6. The van der Waals surface area contributed by atoms with Crippen molar-refractivity contribution in [3.63, 3.8) is 0 Å². The lowest BCUT2D eigenvalue weighted by Gasteiger charge is -2.27. The van der Waals surface area contributed by atoms with E-state index in [1.807, 2.05) is 18.2 Å². The van der Waals surface area contributed by atoms with E-state index in [9.17, 15) is 15.2 Å². The van der Waals surface area contributed by atoms with Gasteiger partial charge in [0, 0.05) is 23.4 Å². The number of thiocarbonyl (C=S) groups is 1. The number of methoxy groups -OCH3 is 1. The van der Waals surface area contributed by atoms with Gasteiger partial charge < -0.3 is 20.1 Å². The highest BCUT2D eigenvalue weighted by Crippen LogP contribution is 2.29. The minimum atomic E-state index is -0.506. The summed E-state index contributed by atoms with van der Waals surface area (Å²) in [6, 6.07) is 18.2. The zero-order valence-electron chi connectivity index (χ0n) is 15.9. The van der Waals surface area contributed by atoms with Crippen molar-refractivity contribution >= 4 is 46.0 Å². The number of benzene rings is 3. The van der Waals surface area contributed by atoms with Crippen LogP contribution in [0.5, 0.6) is 11.5 Å². The summed E-state index contributed by atoms with van der Waals surface area (Å²) < 4.78 is 5.21. The molecule has 0 bridgehead atoms. The minimum absolute atomic E-state index is 0.110. The van der Waals surface area contributed by atoms with E-state index in [0.29, 0.717) is 22.0 Å². The Morgan fingerprint density at radius 1 is 1.20 bits per heavy atom. The Morgan fingerprint density at radius 2 is 1.90 bits per heavy atom. The second-order valence-electron chi connectivity index (χ2n) is 6.26. The van der Waals surface area contributed by atoms with E-state index >= 15 is 0 Å². The van der Waals surface area contributed by atoms with Crippen LogP contribution in [0.15, 0.2) is 66.7 Å². The molecule has 9 heteroatoms. The van der Waals surface area contributed by atoms with Gasteiger partial charge in [0.05, 0.1) is 29.3 Å². The number of nitro benzene ring substituents is 1. The predicted octanol–water partition coefficient (Wildman–Crippen LogP) is 5.37. The molecule has 0 aliphatic carbocycles. The van der Waals surface area contributed by atoms with E-state index in [-0.39, 0.29) is 23.1 Å². The first-order valence-corrected chi connectivity index (χ1v) is 9.61. The molecule has 154 valence electrons. The van der Waals surface area contributed by atoms with Gasteiger partial charge in [-0.05, 0) is 48.6 Å². The lowest BCUT2D eigenvalue weighted by Crippen LogP contribution is -2.34. The summed E-state index contributed by atoms with van der Waals surface area (Å²) in [4.78, 5) is 12.3. The Balaban J connectivity index is 1.94. The third-order valence-corrected chi connectivity index (χ3v) is 5.00. The molecule has 0 radical (unpaired) electrons. The van der Waals surface area contributed by atoms with Crippen molar-refractivity contribution < 1.29 is 14.8 Å². The Hall–Kier alpha value is -3.36. The SMILES string of the molecule is COc1ccc(N(Cc2ccccc2O)C(=S)Nc2cc([N+](=O)[O-])ccc2Cl)cc1. The summed E-state index contributed by atoms with van der Waals surface area (Å²) in [6.45, 7) is 0.261. The van der Waals surface area contributed by atoms with E-state index in [2.05, 4.69) is 5.32 Å². The largest absolute Gasteiger partial charge is 0.508 e. The number of ether oxygens (including phenoxy) is 1. The van der Waals surface area contributed by atoms with Crippen molar-refractivity contribution in [1.29, 1.82) is 0 Å². The van der Waals surface area contributed by atoms with Crippen LogP contribution in [0.3, 0.4) is 0 Å². The van der Waals surface area contributed by atoms with Crippen LogP contribution in [-0.4, -0.2) is 22.3 Å². The van der Waals surface area contributed by atoms with Gasteiger partial charge in [-0.1, -0.05) is 29.8 Å². The van der Waals surface area contributed by atoms with E-state index in [4.69, 9.17) is 28.6 Å². The predicted molar refractivity (Wildman–Crippen MR) is 122 cm³/mol. The molecule has 0 unspecified atom stereocenters. The van der Waals surface area contributed by atoms with Crippen molar-refractivity contribution in [3.05, 3.63) is 87.4 Å². The number of aromatic hydroxyl groups is 1. The number of non-ortho nitro benzene ring substituents is 1. The van der Waals surface area contributed by atoms with E-state index in [0.717, 1.165) is 5.69 Å². The fourth-order valence-electron chi connectivity index (χ4n) is 2.76. The number of anilines is 2. The number of halogens is 1. The van der Waals surface area contributed by atoms with E-state index in [1.54, 1.807) is 42.3 Å². The van der Waals surface area contributed by atoms with Gasteiger partial charge in [-0.3, -0.25) is 10.1 Å². The highest BCUT2D eigenvalue weighted by molar-refractivity contribution is 7.80. The Kier molecular flexibility index (Phi) is 6.71. The van der Waals surface area contributed by atoms with Crippen LogP contribution in [0.4, 0.5) is 17.1 Å². The third-order valence-electron chi connectivity index (χ3n) is 4.35. The monoisotopic (exact) mass is 443 g/mol. The second kappa shape index (κ2) is 9.43. The number of hydrogen-bond acceptors (Lipinski definition) is 5. The molecule has 2 N–H and O–H groups in total. The first-order valence-electron chi connectivity index (χ1n) is 8.82. The number of nitrogens with zero attached hydrogens (tertiary/aromatic N) is 2. The van der Waals surface area contributed by atoms with Crippen molar-refractivity contribution in [2.45, 2.75) is 6.54 Å². The molecule has 0 aliphatic rings. The Labute approximate surface area is 183 Å². The molecule has 0 aliphatic heterocycles. The van der Waals surface area contributed by atoms with Crippen LogP contribution < -0.4 is 15.0 Å². The van der Waals surface area contributed by atoms with E-state index < -0.39 is 4.92 Å². The van der Waals surface area contributed by atoms with Crippen molar-refractivity contribution in [2.24, 2.45) is 0 Å². The summed E-state index contributed by atoms with van der Waals surface area (Å²) in [5, 5.41) is 24.8. The molecule has 3 aromatic carbocycles. The zero-order chi connectivity index (χ0) is 21.7. The number of hydrogen-bond donors (Lipinski definition) is 2. The average molecular weight is 444 g/mol. The molecule has 3 rings (SSSR count). The molecule has 30 heavy (non-hydrogen) atoms. The van der Waals surface area contributed by atoms with Crippen molar-refractivity contribution in [2.75, 3.05) is 17.3 Å². The van der Waals surface area contributed by atoms with Crippen LogP contribution in [0, 0.1) is 10.1 Å². The molecule has 0 fully saturated rings. The maximum Gasteiger partial charge on any atom is 0.271 e. The minimum Gasteiger partial charge on any atom is -0.508 e. The second-order valence-corrected chi connectivity index (χ2v) is 7.06. The van der Waals surface area contributed by atoms with Crippen molar-refractivity contribution in [1.82, 2.24) is 0 Å². The number of nitrogens with one attached hydrogen (secondary N) is 1. The smallest absolute Gasteiger partial charge is 0.271 e. The summed E-state index contributed by atoms with van der Waals surface area (Å²) in [7, 11) is 1.57. The molecular weight excluding hydrogens is 426 g/mol. The van der Waals surface area contributed by atoms with Crippen LogP contribution in [0.25, 0.3) is 0 Å². The highest BCUT2D eigenvalue weighted by atomic mass is 35.5. The van der Waals surface area contributed by atoms with Gasteiger partial charge in [0.1, 0.15) is 11.5 Å². The lowest BCUT2D eigenvalue weighted by atomic mass is 10.1. The van der Waals surface area contributed by atoms with Gasteiger partial charge in [-0.2, -0.15) is 0 Å². The number of para-hydroxylation sites is 1. The Bertz CT molecular complexity index is 1080. The van der Waals surface area contributed by atoms with Gasteiger partial charge in [0.2, 0.25) is 0 Å². The fraction of sp³-hybridized carbons (Fsp3) is 0.0952. The molecule has 0 amide bonds. The highest BCUT2D eigenvalue weighted by Gasteiger charge is 2.18. The number of nitro groups is 1. The van der Waals surface area contributed by atoms with Gasteiger partial charge in [-0.15, -0.1) is 0 Å². The maximum atomic E-state index is 11.1. The normalized spacial score (nSPS) is 10.3. The number of phenolic OH excluding ortho intramolecular Hbond substituents is 1. The van der Waals surface area contributed by atoms with Gasteiger partial charge in [-0.25, -0.2) is 0 Å². The number of phenols is 1. The fourth-order valence-corrected chi connectivity index (χ4v) is 3.21. The van der Waals surface area contributed by atoms with Gasteiger partial charge >= 0.3 is 0 Å². The van der Waals surface area contributed by atoms with Crippen LogP contribution in [0.1, 0.15) is 5.56 Å². The maximum absolute atomic E-state index is 11.1. The summed E-state index contributed by atoms with van der Waals surface area (Å²) in [5.41, 5.74) is 1.59. The molecule has 0 saturated carbocycles. The molecule has 7 nitrogen and oxygen atoms in total. The van der Waals surface area contributed by atoms with Crippen LogP contribution in [0.2, 0.25) is 5.02 Å². The van der Waals surface area contributed by atoms with Crippen LogP contribution in [-0.2, 0) is 6.54 Å². The molecule has 3 aromatic rings. The van der Waals surface area contributed by atoms with Gasteiger partial charge in [0.15, 0.2) is 5.11 Å². The first kappa shape index (κ1) is 21.4. The molecule has 0 spiro atoms. The summed E-state index contributed by atoms with van der Waals surface area (Å²) in [6.07, 6.45) is 0. The third kappa shape index (κ3) is 4.97. The zero-order valence-corrected chi connectivity index (χ0v) is 17.5. The van der Waals surface area contributed by atoms with Gasteiger partial charge in [0.25, 0.3) is 5.69 Å². The Morgan fingerprint density at radius 3 is 2.53 bits per heavy atom. The first-order chi connectivity index (χ1) is 14.4. The molecular formula is C21H18ClN3O4S. The molecule has 0 aromatic heterocycles. The topological polar surface area (TPSA) is 87.9 Å². The quantitative estimate of drug-likeness (QED) is 0.301. The van der Waals surface area contributed by atoms with Crippen molar-refractivity contribution in [3.8, 4) is 11.5 Å². The molecule has 0 saturated heterocycles. The molecule has 0 atom stereocenters. The lowest BCUT2D eigenvalue weighted by molar-refractivity contribution is -0.384. The average Bonchev–Trinajstić information content (AvgIpc) is 2.74. The van der Waals surface area contributed by atoms with E-state index in [1.165, 1.54) is 18.2 Å².